The summed E-state index contributed by atoms with van der Waals surface area (Å²) in [7, 11) is 0. The predicted octanol–water partition coefficient (Wildman–Crippen LogP) is 1.85. The first-order valence-corrected chi connectivity index (χ1v) is 7.19. The molecule has 5 heteroatoms. The lowest BCUT2D eigenvalue weighted by molar-refractivity contribution is -0.738. The number of aliphatic hydroxyl groups excluding tert-OH is 1. The quantitative estimate of drug-likeness (QED) is 0.814. The molecule has 2 aromatic rings. The minimum Gasteiger partial charge on any atom is -0.381 e. The van der Waals surface area contributed by atoms with Crippen molar-refractivity contribution in [2.45, 2.75) is 19.2 Å². The molecule has 0 atom stereocenters. The molecular formula is C13H14Br2N2O+2. The molecule has 2 aromatic heterocycles. The number of hydrogen-bond donors (Lipinski definition) is 1. The summed E-state index contributed by atoms with van der Waals surface area (Å²) in [6, 6.07) is 7.82. The molecule has 0 amide bonds. The zero-order chi connectivity index (χ0) is 13.0. The number of nitrogens with zero attached hydrogens (tertiary/aromatic N) is 2. The van der Waals surface area contributed by atoms with Crippen molar-refractivity contribution < 1.29 is 14.2 Å². The van der Waals surface area contributed by atoms with Gasteiger partial charge in [-0.3, -0.25) is 0 Å². The third-order valence-corrected chi connectivity index (χ3v) is 3.43. The molecule has 0 aliphatic carbocycles. The highest BCUT2D eigenvalue weighted by molar-refractivity contribution is 9.10. The fourth-order valence-corrected chi connectivity index (χ4v) is 2.58. The van der Waals surface area contributed by atoms with Crippen LogP contribution in [0, 0.1) is 0 Å². The first-order valence-electron chi connectivity index (χ1n) is 5.61. The monoisotopic (exact) mass is 372 g/mol. The van der Waals surface area contributed by atoms with Crippen molar-refractivity contribution in [1.82, 2.24) is 0 Å². The maximum atomic E-state index is 10.1. The van der Waals surface area contributed by atoms with E-state index in [9.17, 15) is 5.11 Å². The van der Waals surface area contributed by atoms with Crippen LogP contribution < -0.4 is 9.13 Å². The maximum absolute atomic E-state index is 10.1. The second kappa shape index (κ2) is 6.41. The Morgan fingerprint density at radius 3 is 1.78 bits per heavy atom. The average Bonchev–Trinajstić information content (AvgIpc) is 2.28. The second-order valence-electron chi connectivity index (χ2n) is 4.09. The van der Waals surface area contributed by atoms with Crippen molar-refractivity contribution in [3.05, 3.63) is 58.0 Å². The molecule has 1 N–H and O–H groups in total. The van der Waals surface area contributed by atoms with Crippen LogP contribution in [0.25, 0.3) is 0 Å². The molecule has 0 saturated heterocycles. The molecule has 0 unspecified atom stereocenters. The van der Waals surface area contributed by atoms with Crippen LogP contribution in [0.1, 0.15) is 0 Å². The summed E-state index contributed by atoms with van der Waals surface area (Å²) in [6.07, 6.45) is 7.37. The minimum atomic E-state index is -0.427. The number of aromatic nitrogens is 2. The van der Waals surface area contributed by atoms with Gasteiger partial charge in [0, 0.05) is 12.1 Å². The van der Waals surface area contributed by atoms with Crippen LogP contribution in [0.4, 0.5) is 0 Å². The Morgan fingerprint density at radius 1 is 0.944 bits per heavy atom. The highest BCUT2D eigenvalue weighted by Crippen LogP contribution is 2.04. The summed E-state index contributed by atoms with van der Waals surface area (Å²) in [4.78, 5) is 0. The normalized spacial score (nSPS) is 10.9. The molecule has 0 radical (unpaired) electrons. The Balaban J connectivity index is 1.98. The number of pyridine rings is 2. The van der Waals surface area contributed by atoms with Crippen LogP contribution in [-0.2, 0) is 13.1 Å². The van der Waals surface area contributed by atoms with Crippen LogP contribution in [0.2, 0.25) is 0 Å². The lowest BCUT2D eigenvalue weighted by atomic mass is 10.3. The Hall–Kier alpha value is -0.780. The fourth-order valence-electron chi connectivity index (χ4n) is 1.75. The van der Waals surface area contributed by atoms with E-state index in [0.29, 0.717) is 13.1 Å². The van der Waals surface area contributed by atoms with E-state index in [-0.39, 0.29) is 0 Å². The van der Waals surface area contributed by atoms with Crippen LogP contribution in [0.15, 0.2) is 58.0 Å². The standard InChI is InChI=1S/C13H14Br2N2O/c14-11-3-1-5-16(7-11)9-13(18)10-17-6-2-4-12(15)8-17/h1-8,13,18H,9-10H2/q+2. The van der Waals surface area contributed by atoms with E-state index in [1.54, 1.807) is 0 Å². The maximum Gasteiger partial charge on any atom is 0.183 e. The molecule has 0 saturated carbocycles. The van der Waals surface area contributed by atoms with E-state index < -0.39 is 6.10 Å². The first kappa shape index (κ1) is 13.6. The first-order chi connectivity index (χ1) is 8.63. The van der Waals surface area contributed by atoms with Gasteiger partial charge in [0.2, 0.25) is 0 Å². The summed E-state index contributed by atoms with van der Waals surface area (Å²) in [5.41, 5.74) is 0. The summed E-state index contributed by atoms with van der Waals surface area (Å²) in [5, 5.41) is 10.1. The lowest BCUT2D eigenvalue weighted by Crippen LogP contribution is -2.47. The zero-order valence-electron chi connectivity index (χ0n) is 9.71. The molecule has 0 aliphatic heterocycles. The third-order valence-electron chi connectivity index (χ3n) is 2.49. The molecule has 0 aromatic carbocycles. The molecule has 2 heterocycles. The summed E-state index contributed by atoms with van der Waals surface area (Å²) < 4.78 is 5.94. The van der Waals surface area contributed by atoms with Gasteiger partial charge in [0.15, 0.2) is 44.0 Å². The van der Waals surface area contributed by atoms with Gasteiger partial charge < -0.3 is 5.11 Å². The van der Waals surface area contributed by atoms with Crippen LogP contribution >= 0.6 is 31.9 Å². The van der Waals surface area contributed by atoms with Gasteiger partial charge in [0.05, 0.1) is 8.95 Å². The van der Waals surface area contributed by atoms with Gasteiger partial charge in [0.25, 0.3) is 0 Å². The van der Waals surface area contributed by atoms with E-state index >= 15 is 0 Å². The smallest absolute Gasteiger partial charge is 0.183 e. The minimum absolute atomic E-state index is 0.427. The Kier molecular flexibility index (Phi) is 4.86. The third kappa shape index (κ3) is 4.15. The highest BCUT2D eigenvalue weighted by atomic mass is 79.9. The van der Waals surface area contributed by atoms with Gasteiger partial charge in [-0.05, 0) is 44.0 Å². The van der Waals surface area contributed by atoms with E-state index in [4.69, 9.17) is 0 Å². The number of hydrogen-bond acceptors (Lipinski definition) is 1. The van der Waals surface area contributed by atoms with Gasteiger partial charge in [-0.15, -0.1) is 0 Å². The van der Waals surface area contributed by atoms with E-state index in [1.165, 1.54) is 0 Å². The Bertz CT molecular complexity index is 486. The molecule has 18 heavy (non-hydrogen) atoms. The fraction of sp³-hybridized carbons (Fsp3) is 0.231. The van der Waals surface area contributed by atoms with Gasteiger partial charge in [-0.2, -0.15) is 0 Å². The van der Waals surface area contributed by atoms with Crippen molar-refractivity contribution in [2.75, 3.05) is 0 Å². The molecule has 0 spiro atoms. The average molecular weight is 374 g/mol. The molecule has 3 nitrogen and oxygen atoms in total. The molecular weight excluding hydrogens is 360 g/mol. The molecule has 2 rings (SSSR count). The van der Waals surface area contributed by atoms with Crippen molar-refractivity contribution in [2.24, 2.45) is 0 Å². The number of rotatable bonds is 4. The highest BCUT2D eigenvalue weighted by Gasteiger charge is 2.16. The molecule has 94 valence electrons. The number of aliphatic hydroxyl groups is 1. The largest absolute Gasteiger partial charge is 0.381 e. The van der Waals surface area contributed by atoms with Crippen molar-refractivity contribution in [3.63, 3.8) is 0 Å². The molecule has 0 aliphatic rings. The van der Waals surface area contributed by atoms with Crippen molar-refractivity contribution in [1.29, 1.82) is 0 Å². The molecule has 0 bridgehead atoms. The van der Waals surface area contributed by atoms with Gasteiger partial charge >= 0.3 is 0 Å². The SMILES string of the molecule is OC(C[n+]1cccc(Br)c1)C[n+]1cccc(Br)c1. The summed E-state index contributed by atoms with van der Waals surface area (Å²) >= 11 is 6.83. The van der Waals surface area contributed by atoms with Crippen molar-refractivity contribution in [3.8, 4) is 0 Å². The van der Waals surface area contributed by atoms with E-state index in [0.717, 1.165) is 8.95 Å². The van der Waals surface area contributed by atoms with Gasteiger partial charge in [-0.25, -0.2) is 9.13 Å². The van der Waals surface area contributed by atoms with Crippen LogP contribution in [0.5, 0.6) is 0 Å². The van der Waals surface area contributed by atoms with E-state index in [1.807, 2.05) is 58.2 Å². The van der Waals surface area contributed by atoms with Gasteiger partial charge in [-0.1, -0.05) is 0 Å². The van der Waals surface area contributed by atoms with Crippen LogP contribution in [0.3, 0.4) is 0 Å². The zero-order valence-corrected chi connectivity index (χ0v) is 12.9. The Labute approximate surface area is 123 Å². The summed E-state index contributed by atoms with van der Waals surface area (Å²) in [5.74, 6) is 0. The summed E-state index contributed by atoms with van der Waals surface area (Å²) in [6.45, 7) is 1.14. The predicted molar refractivity (Wildman–Crippen MR) is 74.7 cm³/mol. The molecule has 0 fully saturated rings. The van der Waals surface area contributed by atoms with Crippen LogP contribution in [-0.4, -0.2) is 11.2 Å². The Morgan fingerprint density at radius 2 is 1.39 bits per heavy atom. The van der Waals surface area contributed by atoms with E-state index in [2.05, 4.69) is 31.9 Å². The van der Waals surface area contributed by atoms with Crippen molar-refractivity contribution >= 4 is 31.9 Å². The lowest BCUT2D eigenvalue weighted by Gasteiger charge is -2.04. The van der Waals surface area contributed by atoms with Gasteiger partial charge in [0.1, 0.15) is 0 Å². The topological polar surface area (TPSA) is 28.0 Å². The second-order valence-corrected chi connectivity index (χ2v) is 5.92. The number of halogens is 2.